The molecule has 178 valence electrons. The molecule has 2 fully saturated rings. The molecule has 2 aromatic carbocycles. The fourth-order valence-corrected chi connectivity index (χ4v) is 4.23. The van der Waals surface area contributed by atoms with Gasteiger partial charge in [0, 0.05) is 18.6 Å². The molecule has 3 aliphatic heterocycles. The lowest BCUT2D eigenvalue weighted by molar-refractivity contribution is -0.394. The van der Waals surface area contributed by atoms with Crippen LogP contribution in [-0.4, -0.2) is 63.2 Å². The molecule has 3 heterocycles. The van der Waals surface area contributed by atoms with Gasteiger partial charge in [0.15, 0.2) is 6.29 Å². The Morgan fingerprint density at radius 2 is 1.63 bits per heavy atom. The van der Waals surface area contributed by atoms with Gasteiger partial charge in [-0.05, 0) is 12.1 Å². The minimum atomic E-state index is -0.943. The summed E-state index contributed by atoms with van der Waals surface area (Å²) in [5, 5.41) is 26.1. The Balaban J connectivity index is 1.38. The molecule has 2 aromatic rings. The lowest BCUT2D eigenvalue weighted by Gasteiger charge is -2.33. The summed E-state index contributed by atoms with van der Waals surface area (Å²) in [7, 11) is 0. The van der Waals surface area contributed by atoms with Crippen LogP contribution >= 0.6 is 0 Å². The highest BCUT2D eigenvalue weighted by Gasteiger charge is 2.50. The maximum absolute atomic E-state index is 12.9. The molecule has 2 bridgehead atoms. The third-order valence-electron chi connectivity index (χ3n) is 5.87. The van der Waals surface area contributed by atoms with Gasteiger partial charge in [0.1, 0.15) is 6.10 Å². The quantitative estimate of drug-likeness (QED) is 0.374. The minimum absolute atomic E-state index is 0.0518. The van der Waals surface area contributed by atoms with Crippen molar-refractivity contribution in [2.24, 2.45) is 5.10 Å². The van der Waals surface area contributed by atoms with Crippen LogP contribution in [0.3, 0.4) is 0 Å². The van der Waals surface area contributed by atoms with Crippen molar-refractivity contribution >= 4 is 34.8 Å². The molecule has 0 aromatic heterocycles. The van der Waals surface area contributed by atoms with E-state index in [1.807, 2.05) is 0 Å². The van der Waals surface area contributed by atoms with Crippen LogP contribution in [0.15, 0.2) is 47.6 Å². The zero-order valence-electron chi connectivity index (χ0n) is 17.7. The summed E-state index contributed by atoms with van der Waals surface area (Å²) < 4.78 is 11.3. The number of benzene rings is 2. The Kier molecular flexibility index (Phi) is 5.30. The number of fused-ring (bicyclic) bond motifs is 3. The molecule has 2 saturated heterocycles. The molecule has 3 amide bonds. The third kappa shape index (κ3) is 3.79. The second-order valence-corrected chi connectivity index (χ2v) is 7.93. The monoisotopic (exact) mass is 481 g/mol. The van der Waals surface area contributed by atoms with Gasteiger partial charge >= 0.3 is 0 Å². The number of carbonyl (C=O) groups excluding carboxylic acids is 3. The number of hydrogen-bond donors (Lipinski definition) is 1. The van der Waals surface area contributed by atoms with E-state index < -0.39 is 57.4 Å². The molecule has 35 heavy (non-hydrogen) atoms. The summed E-state index contributed by atoms with van der Waals surface area (Å²) in [5.74, 6) is -1.89. The van der Waals surface area contributed by atoms with Crippen LogP contribution < -0.4 is 5.43 Å². The predicted octanol–water partition coefficient (Wildman–Crippen LogP) is 1.40. The van der Waals surface area contributed by atoms with E-state index in [4.69, 9.17) is 9.47 Å². The van der Waals surface area contributed by atoms with Gasteiger partial charge in [-0.3, -0.25) is 39.5 Å². The van der Waals surface area contributed by atoms with Crippen LogP contribution in [-0.2, 0) is 9.47 Å². The summed E-state index contributed by atoms with van der Waals surface area (Å²) in [6.07, 6.45) is -1.46. The van der Waals surface area contributed by atoms with E-state index in [-0.39, 0.29) is 35.4 Å². The van der Waals surface area contributed by atoms with E-state index in [9.17, 15) is 34.6 Å². The fraction of sp³-hybridized carbons (Fsp3) is 0.238. The fourth-order valence-electron chi connectivity index (χ4n) is 4.23. The number of hydrogen-bond acceptors (Lipinski definition) is 10. The number of rotatable bonds is 5. The number of nitrogens with zero attached hydrogens (tertiary/aromatic N) is 4. The van der Waals surface area contributed by atoms with E-state index >= 15 is 0 Å². The Labute approximate surface area is 195 Å². The van der Waals surface area contributed by atoms with Crippen molar-refractivity contribution in [3.63, 3.8) is 0 Å². The number of amides is 3. The van der Waals surface area contributed by atoms with Crippen LogP contribution in [0.4, 0.5) is 11.4 Å². The van der Waals surface area contributed by atoms with Crippen molar-refractivity contribution in [3.8, 4) is 0 Å². The number of imide groups is 1. The second-order valence-electron chi connectivity index (χ2n) is 7.93. The van der Waals surface area contributed by atoms with Crippen molar-refractivity contribution in [1.29, 1.82) is 0 Å². The molecule has 14 nitrogen and oxygen atoms in total. The zero-order chi connectivity index (χ0) is 24.9. The third-order valence-corrected chi connectivity index (χ3v) is 5.87. The molecule has 3 aliphatic rings. The van der Waals surface area contributed by atoms with Gasteiger partial charge in [-0.2, -0.15) is 5.10 Å². The number of nitro groups is 2. The lowest BCUT2D eigenvalue weighted by atomic mass is 10.0. The number of hydrazone groups is 1. The van der Waals surface area contributed by atoms with Crippen molar-refractivity contribution in [2.75, 3.05) is 6.61 Å². The lowest BCUT2D eigenvalue weighted by Crippen LogP contribution is -2.52. The van der Waals surface area contributed by atoms with Crippen molar-refractivity contribution < 1.29 is 33.7 Å². The number of nitro benzene ring substituents is 2. The van der Waals surface area contributed by atoms with Gasteiger partial charge in [0.25, 0.3) is 29.1 Å². The Morgan fingerprint density at radius 1 is 1.03 bits per heavy atom. The highest BCUT2D eigenvalue weighted by atomic mass is 16.7. The Hall–Kier alpha value is -4.56. The van der Waals surface area contributed by atoms with Crippen LogP contribution in [0.25, 0.3) is 0 Å². The van der Waals surface area contributed by atoms with Crippen molar-refractivity contribution in [2.45, 2.75) is 24.9 Å². The first-order chi connectivity index (χ1) is 16.7. The minimum Gasteiger partial charge on any atom is -0.344 e. The van der Waals surface area contributed by atoms with Gasteiger partial charge < -0.3 is 9.47 Å². The Bertz CT molecular complexity index is 1270. The van der Waals surface area contributed by atoms with Gasteiger partial charge in [-0.15, -0.1) is 0 Å². The highest BCUT2D eigenvalue weighted by molar-refractivity contribution is 6.21. The zero-order valence-corrected chi connectivity index (χ0v) is 17.7. The average molecular weight is 481 g/mol. The smallest absolute Gasteiger partial charge is 0.277 e. The molecule has 0 aliphatic carbocycles. The number of nitrogens with one attached hydrogen (secondary N) is 1. The van der Waals surface area contributed by atoms with Crippen LogP contribution in [0.2, 0.25) is 0 Å². The van der Waals surface area contributed by atoms with Crippen LogP contribution in [0, 0.1) is 20.2 Å². The first-order valence-corrected chi connectivity index (χ1v) is 10.3. The van der Waals surface area contributed by atoms with Gasteiger partial charge in [-0.1, -0.05) is 12.1 Å². The number of ether oxygens (including phenoxy) is 2. The first kappa shape index (κ1) is 22.2. The van der Waals surface area contributed by atoms with Gasteiger partial charge in [-0.25, -0.2) is 5.43 Å². The summed E-state index contributed by atoms with van der Waals surface area (Å²) in [5.41, 5.74) is 1.30. The summed E-state index contributed by atoms with van der Waals surface area (Å²) in [4.78, 5) is 59.9. The van der Waals surface area contributed by atoms with E-state index in [2.05, 4.69) is 10.5 Å². The molecule has 0 spiro atoms. The molecule has 3 atom stereocenters. The van der Waals surface area contributed by atoms with Crippen molar-refractivity contribution in [1.82, 2.24) is 10.3 Å². The molecular weight excluding hydrogens is 466 g/mol. The molecule has 0 saturated carbocycles. The Morgan fingerprint density at radius 3 is 2.20 bits per heavy atom. The number of carbonyl (C=O) groups is 3. The van der Waals surface area contributed by atoms with Crippen LogP contribution in [0.5, 0.6) is 0 Å². The number of non-ortho nitro benzene ring substituents is 2. The summed E-state index contributed by atoms with van der Waals surface area (Å²) >= 11 is 0. The predicted molar refractivity (Wildman–Crippen MR) is 115 cm³/mol. The second kappa shape index (κ2) is 8.34. The maximum Gasteiger partial charge on any atom is 0.277 e. The maximum atomic E-state index is 12.9. The highest BCUT2D eigenvalue weighted by Crippen LogP contribution is 2.34. The average Bonchev–Trinajstić information content (AvgIpc) is 3.38. The molecule has 0 unspecified atom stereocenters. The first-order valence-electron chi connectivity index (χ1n) is 10.3. The topological polar surface area (TPSA) is 184 Å². The molecule has 0 radical (unpaired) electrons. The largest absolute Gasteiger partial charge is 0.344 e. The molecular formula is C21H15N5O9. The van der Waals surface area contributed by atoms with Gasteiger partial charge in [0.2, 0.25) is 0 Å². The molecule has 1 N–H and O–H groups in total. The SMILES string of the molecule is O=C(N/N=C1\C[C@H](N2C(=O)c3ccccc3C2=O)[C@H]2CO[C@H]1O2)c1cc([N+](=O)[O-])cc([N+](=O)[O-])c1. The summed E-state index contributed by atoms with van der Waals surface area (Å²) in [6.45, 7) is 0.0901. The normalized spacial score (nSPS) is 23.9. The van der Waals surface area contributed by atoms with Crippen LogP contribution in [0.1, 0.15) is 37.5 Å². The summed E-state index contributed by atoms with van der Waals surface area (Å²) in [6, 6.07) is 8.17. The van der Waals surface area contributed by atoms with Crippen molar-refractivity contribution in [3.05, 3.63) is 79.4 Å². The van der Waals surface area contributed by atoms with E-state index in [0.29, 0.717) is 0 Å². The van der Waals surface area contributed by atoms with E-state index in [1.165, 1.54) is 0 Å². The van der Waals surface area contributed by atoms with E-state index in [1.54, 1.807) is 24.3 Å². The van der Waals surface area contributed by atoms with Gasteiger partial charge in [0.05, 0.1) is 51.0 Å². The molecule has 5 rings (SSSR count). The van der Waals surface area contributed by atoms with E-state index in [0.717, 1.165) is 23.1 Å². The molecule has 14 heteroatoms. The standard InChI is InChI=1S/C21H15N5O9/c27-18(10-5-11(25(30)31)7-12(6-10)26(32)33)23-22-15-8-16(17-9-34-21(15)35-17)24-19(28)13-3-1-2-4-14(13)20(24)29/h1-7,16-17,21H,8-9H2,(H,23,27)/b22-15+/t16-,17+,21-/m0/s1.